The molecule has 2 aromatic carbocycles. The van der Waals surface area contributed by atoms with E-state index in [1.165, 1.54) is 5.56 Å². The molecule has 0 saturated heterocycles. The lowest BCUT2D eigenvalue weighted by Crippen LogP contribution is -2.26. The summed E-state index contributed by atoms with van der Waals surface area (Å²) in [6, 6.07) is 16.6. The first kappa shape index (κ1) is 22.6. The Morgan fingerprint density at radius 3 is 2.58 bits per heavy atom. The molecular formula is C26H33N3O2. The van der Waals surface area contributed by atoms with E-state index in [0.29, 0.717) is 31.1 Å². The van der Waals surface area contributed by atoms with Crippen molar-refractivity contribution in [3.8, 4) is 5.75 Å². The lowest BCUT2D eigenvalue weighted by molar-refractivity contribution is -0.117. The van der Waals surface area contributed by atoms with Gasteiger partial charge in [-0.1, -0.05) is 44.7 Å². The van der Waals surface area contributed by atoms with Gasteiger partial charge in [-0.05, 0) is 55.5 Å². The van der Waals surface area contributed by atoms with Gasteiger partial charge >= 0.3 is 0 Å². The maximum absolute atomic E-state index is 11.8. The van der Waals surface area contributed by atoms with Gasteiger partial charge in [0.05, 0.1) is 17.6 Å². The predicted octanol–water partition coefficient (Wildman–Crippen LogP) is 5.25. The fraction of sp³-hybridized carbons (Fsp3) is 0.385. The van der Waals surface area contributed by atoms with Gasteiger partial charge in [-0.15, -0.1) is 0 Å². The summed E-state index contributed by atoms with van der Waals surface area (Å²) in [6.45, 7) is 11.9. The van der Waals surface area contributed by atoms with Gasteiger partial charge in [0.2, 0.25) is 5.91 Å². The number of hydrogen-bond donors (Lipinski definition) is 1. The first-order chi connectivity index (χ1) is 15.0. The summed E-state index contributed by atoms with van der Waals surface area (Å²) in [7, 11) is 0. The maximum Gasteiger partial charge on any atom is 0.246 e. The van der Waals surface area contributed by atoms with E-state index in [9.17, 15) is 4.79 Å². The van der Waals surface area contributed by atoms with Crippen molar-refractivity contribution in [3.05, 3.63) is 72.1 Å². The second kappa shape index (κ2) is 10.8. The van der Waals surface area contributed by atoms with Crippen molar-refractivity contribution in [2.75, 3.05) is 13.2 Å². The molecule has 0 aliphatic carbocycles. The highest BCUT2D eigenvalue weighted by Crippen LogP contribution is 2.20. The van der Waals surface area contributed by atoms with Crippen LogP contribution in [0.5, 0.6) is 5.75 Å². The second-order valence-corrected chi connectivity index (χ2v) is 8.23. The minimum Gasteiger partial charge on any atom is -0.494 e. The molecule has 0 radical (unpaired) electrons. The number of imidazole rings is 1. The lowest BCUT2D eigenvalue weighted by Gasteiger charge is -2.11. The molecule has 0 unspecified atom stereocenters. The molecule has 0 aliphatic heterocycles. The smallest absolute Gasteiger partial charge is 0.246 e. The van der Waals surface area contributed by atoms with Crippen molar-refractivity contribution >= 4 is 16.9 Å². The number of ether oxygens (including phenoxy) is 1. The molecule has 5 heteroatoms. The fourth-order valence-electron chi connectivity index (χ4n) is 3.52. The van der Waals surface area contributed by atoms with E-state index in [1.807, 2.05) is 18.2 Å². The molecule has 1 aromatic heterocycles. The number of hydrogen-bond acceptors (Lipinski definition) is 3. The van der Waals surface area contributed by atoms with Crippen LogP contribution in [0.4, 0.5) is 0 Å². The number of aryl methyl sites for hydroxylation is 1. The summed E-state index contributed by atoms with van der Waals surface area (Å²) >= 11 is 0. The van der Waals surface area contributed by atoms with Gasteiger partial charge in [0, 0.05) is 25.1 Å². The average Bonchev–Trinajstić information content (AvgIpc) is 3.11. The Labute approximate surface area is 185 Å². The van der Waals surface area contributed by atoms with Gasteiger partial charge in [0.1, 0.15) is 11.6 Å². The van der Waals surface area contributed by atoms with Gasteiger partial charge in [0.25, 0.3) is 0 Å². The molecule has 31 heavy (non-hydrogen) atoms. The molecule has 0 aliphatic rings. The molecule has 0 bridgehead atoms. The highest BCUT2D eigenvalue weighted by molar-refractivity contribution is 5.92. The third-order valence-electron chi connectivity index (χ3n) is 5.35. The number of nitrogens with one attached hydrogen (secondary N) is 1. The third kappa shape index (κ3) is 6.20. The van der Waals surface area contributed by atoms with Gasteiger partial charge in [0.15, 0.2) is 0 Å². The van der Waals surface area contributed by atoms with E-state index in [1.54, 1.807) is 6.92 Å². The number of nitrogens with zero attached hydrogens (tertiary/aromatic N) is 2. The summed E-state index contributed by atoms with van der Waals surface area (Å²) < 4.78 is 8.17. The van der Waals surface area contributed by atoms with Crippen LogP contribution >= 0.6 is 0 Å². The van der Waals surface area contributed by atoms with E-state index in [-0.39, 0.29) is 5.91 Å². The molecule has 164 valence electrons. The zero-order valence-electron chi connectivity index (χ0n) is 18.9. The number of carbonyl (C=O) groups is 1. The van der Waals surface area contributed by atoms with Crippen molar-refractivity contribution in [2.24, 2.45) is 0 Å². The number of rotatable bonds is 11. The second-order valence-electron chi connectivity index (χ2n) is 8.23. The highest BCUT2D eigenvalue weighted by atomic mass is 16.5. The minimum atomic E-state index is -0.110. The van der Waals surface area contributed by atoms with Crippen LogP contribution in [0.3, 0.4) is 0 Å². The van der Waals surface area contributed by atoms with Crippen LogP contribution in [-0.4, -0.2) is 28.6 Å². The van der Waals surface area contributed by atoms with Gasteiger partial charge in [-0.25, -0.2) is 4.98 Å². The fourth-order valence-corrected chi connectivity index (χ4v) is 3.52. The summed E-state index contributed by atoms with van der Waals surface area (Å²) in [6.07, 6.45) is 2.65. The SMILES string of the molecule is C=C(C)C(=O)NCCc1nc2ccccc2n1CCCCOc1ccc(C(C)C)cc1. The van der Waals surface area contributed by atoms with Gasteiger partial charge in [-0.3, -0.25) is 4.79 Å². The summed E-state index contributed by atoms with van der Waals surface area (Å²) in [5, 5.41) is 2.90. The van der Waals surface area contributed by atoms with E-state index in [2.05, 4.69) is 60.6 Å². The van der Waals surface area contributed by atoms with E-state index >= 15 is 0 Å². The van der Waals surface area contributed by atoms with Crippen LogP contribution in [0.15, 0.2) is 60.7 Å². The number of carbonyl (C=O) groups excluding carboxylic acids is 1. The van der Waals surface area contributed by atoms with Crippen LogP contribution in [0.25, 0.3) is 11.0 Å². The Morgan fingerprint density at radius 1 is 1.13 bits per heavy atom. The normalized spacial score (nSPS) is 11.1. The molecule has 0 spiro atoms. The van der Waals surface area contributed by atoms with Crippen LogP contribution in [-0.2, 0) is 17.8 Å². The van der Waals surface area contributed by atoms with Crippen LogP contribution in [0, 0.1) is 0 Å². The molecule has 3 rings (SSSR count). The van der Waals surface area contributed by atoms with Crippen LogP contribution < -0.4 is 10.1 Å². The van der Waals surface area contributed by atoms with Gasteiger partial charge < -0.3 is 14.6 Å². The predicted molar refractivity (Wildman–Crippen MR) is 127 cm³/mol. The van der Waals surface area contributed by atoms with Crippen molar-refractivity contribution in [3.63, 3.8) is 0 Å². The first-order valence-electron chi connectivity index (χ1n) is 11.1. The van der Waals surface area contributed by atoms with Crippen LogP contribution in [0.2, 0.25) is 0 Å². The first-order valence-corrected chi connectivity index (χ1v) is 11.1. The summed E-state index contributed by atoms with van der Waals surface area (Å²) in [5.74, 6) is 2.34. The van der Waals surface area contributed by atoms with Gasteiger partial charge in [-0.2, -0.15) is 0 Å². The number of amides is 1. The molecule has 1 amide bonds. The molecule has 0 fully saturated rings. The molecule has 3 aromatic rings. The zero-order chi connectivity index (χ0) is 22.2. The zero-order valence-corrected chi connectivity index (χ0v) is 18.9. The Morgan fingerprint density at radius 2 is 1.87 bits per heavy atom. The molecule has 5 nitrogen and oxygen atoms in total. The molecular weight excluding hydrogens is 386 g/mol. The molecule has 1 N–H and O–H groups in total. The number of aromatic nitrogens is 2. The number of para-hydroxylation sites is 2. The van der Waals surface area contributed by atoms with E-state index < -0.39 is 0 Å². The molecule has 0 saturated carbocycles. The minimum absolute atomic E-state index is 0.110. The lowest BCUT2D eigenvalue weighted by atomic mass is 10.0. The monoisotopic (exact) mass is 419 g/mol. The summed E-state index contributed by atoms with van der Waals surface area (Å²) in [4.78, 5) is 16.5. The van der Waals surface area contributed by atoms with E-state index in [0.717, 1.165) is 42.0 Å². The maximum atomic E-state index is 11.8. The average molecular weight is 420 g/mol. The molecule has 1 heterocycles. The largest absolute Gasteiger partial charge is 0.494 e. The van der Waals surface area contributed by atoms with Crippen molar-refractivity contribution in [1.29, 1.82) is 0 Å². The number of unbranched alkanes of at least 4 members (excludes halogenated alkanes) is 1. The Bertz CT molecular complexity index is 1020. The Kier molecular flexibility index (Phi) is 7.88. The third-order valence-corrected chi connectivity index (χ3v) is 5.35. The standard InChI is InChI=1S/C26H33N3O2/c1-19(2)21-11-13-22(14-12-21)31-18-8-7-17-29-24-10-6-5-9-23(24)28-25(29)15-16-27-26(30)20(3)4/h5-6,9-14,19H,3,7-8,15-18H2,1-2,4H3,(H,27,30). The van der Waals surface area contributed by atoms with Crippen molar-refractivity contribution in [2.45, 2.75) is 52.5 Å². The summed E-state index contributed by atoms with van der Waals surface area (Å²) in [5.41, 5.74) is 3.97. The topological polar surface area (TPSA) is 56.2 Å². The number of fused-ring (bicyclic) bond motifs is 1. The van der Waals surface area contributed by atoms with Crippen LogP contribution in [0.1, 0.15) is 50.9 Å². The highest BCUT2D eigenvalue weighted by Gasteiger charge is 2.11. The Hall–Kier alpha value is -3.08. The van der Waals surface area contributed by atoms with Crippen molar-refractivity contribution in [1.82, 2.24) is 14.9 Å². The Balaban J connectivity index is 1.53. The quantitative estimate of drug-likeness (QED) is 0.341. The molecule has 0 atom stereocenters. The van der Waals surface area contributed by atoms with Crippen molar-refractivity contribution < 1.29 is 9.53 Å². The van der Waals surface area contributed by atoms with E-state index in [4.69, 9.17) is 9.72 Å². The number of benzene rings is 2.